The molecule has 2 nitrogen and oxygen atoms in total. The van der Waals surface area contributed by atoms with Crippen molar-refractivity contribution in [3.8, 4) is 0 Å². The Labute approximate surface area is 78.2 Å². The van der Waals surface area contributed by atoms with Gasteiger partial charge in [0.25, 0.3) is 0 Å². The molecule has 0 bridgehead atoms. The molecule has 0 radical (unpaired) electrons. The monoisotopic (exact) mass is 174 g/mol. The maximum Gasteiger partial charge on any atom is 0.0361 e. The largest absolute Gasteiger partial charge is 0.348 e. The zero-order chi connectivity index (χ0) is 9.47. The molecule has 13 heavy (non-hydrogen) atoms. The summed E-state index contributed by atoms with van der Waals surface area (Å²) in [6, 6.07) is 2.04. The van der Waals surface area contributed by atoms with Crippen molar-refractivity contribution in [3.63, 3.8) is 0 Å². The van der Waals surface area contributed by atoms with E-state index in [4.69, 9.17) is 0 Å². The lowest BCUT2D eigenvalue weighted by atomic mass is 10.1. The summed E-state index contributed by atoms with van der Waals surface area (Å²) in [5, 5.41) is 2.46. The number of hydrogen-bond acceptors (Lipinski definition) is 1. The van der Waals surface area contributed by atoms with Crippen LogP contribution in [0.25, 0.3) is 10.8 Å². The Morgan fingerprint density at radius 1 is 1.15 bits per heavy atom. The Hall–Kier alpha value is -1.31. The molecular formula is C11H14N2. The first-order chi connectivity index (χ1) is 6.07. The third-order valence-corrected chi connectivity index (χ3v) is 2.22. The van der Waals surface area contributed by atoms with E-state index in [1.165, 1.54) is 10.8 Å². The average molecular weight is 174 g/mol. The molecule has 0 N–H and O–H groups in total. The van der Waals surface area contributed by atoms with Crippen molar-refractivity contribution in [2.75, 3.05) is 0 Å². The summed E-state index contributed by atoms with van der Waals surface area (Å²) < 4.78 is 2.22. The molecule has 2 rings (SSSR count). The molecule has 0 aliphatic rings. The normalized spacial score (nSPS) is 12.2. The van der Waals surface area contributed by atoms with E-state index < -0.39 is 0 Å². The summed E-state index contributed by atoms with van der Waals surface area (Å²) in [7, 11) is 0. The highest BCUT2D eigenvalue weighted by Gasteiger charge is 2.12. The summed E-state index contributed by atoms with van der Waals surface area (Å²) in [5.74, 6) is 0. The van der Waals surface area contributed by atoms with Gasteiger partial charge in [-0.3, -0.25) is 4.98 Å². The van der Waals surface area contributed by atoms with Crippen LogP contribution in [-0.2, 0) is 5.54 Å². The molecule has 0 saturated carbocycles. The van der Waals surface area contributed by atoms with E-state index in [0.717, 1.165) is 0 Å². The highest BCUT2D eigenvalue weighted by molar-refractivity contribution is 5.81. The van der Waals surface area contributed by atoms with Crippen molar-refractivity contribution < 1.29 is 0 Å². The maximum absolute atomic E-state index is 4.09. The van der Waals surface area contributed by atoms with E-state index in [1.54, 1.807) is 0 Å². The molecule has 0 spiro atoms. The van der Waals surface area contributed by atoms with Crippen molar-refractivity contribution >= 4 is 10.8 Å². The quantitative estimate of drug-likeness (QED) is 0.600. The Morgan fingerprint density at radius 3 is 2.46 bits per heavy atom. The first-order valence-electron chi connectivity index (χ1n) is 4.49. The second-order valence-corrected chi connectivity index (χ2v) is 4.34. The van der Waals surface area contributed by atoms with Crippen LogP contribution in [0.3, 0.4) is 0 Å². The fourth-order valence-corrected chi connectivity index (χ4v) is 1.37. The minimum Gasteiger partial charge on any atom is -0.348 e. The second-order valence-electron chi connectivity index (χ2n) is 4.34. The lowest BCUT2D eigenvalue weighted by Gasteiger charge is -2.20. The first kappa shape index (κ1) is 8.30. The molecule has 2 aromatic rings. The van der Waals surface area contributed by atoms with Gasteiger partial charge in [-0.25, -0.2) is 0 Å². The minimum absolute atomic E-state index is 0.152. The highest BCUT2D eigenvalue weighted by Crippen LogP contribution is 2.20. The van der Waals surface area contributed by atoms with Gasteiger partial charge in [-0.05, 0) is 26.8 Å². The summed E-state index contributed by atoms with van der Waals surface area (Å²) in [6.07, 6.45) is 8.03. The van der Waals surface area contributed by atoms with E-state index in [1.807, 2.05) is 18.5 Å². The third kappa shape index (κ3) is 1.44. The van der Waals surface area contributed by atoms with E-state index in [-0.39, 0.29) is 5.54 Å². The molecule has 2 aromatic heterocycles. The molecule has 0 amide bonds. The Balaban J connectivity index is 2.63. The summed E-state index contributed by atoms with van der Waals surface area (Å²) in [6.45, 7) is 6.58. The molecule has 2 heteroatoms. The van der Waals surface area contributed by atoms with Crippen molar-refractivity contribution in [2.24, 2.45) is 0 Å². The van der Waals surface area contributed by atoms with Gasteiger partial charge in [0.05, 0.1) is 0 Å². The SMILES string of the molecule is CC(C)(C)n1cc2ccncc2c1. The summed E-state index contributed by atoms with van der Waals surface area (Å²) in [4.78, 5) is 4.09. The third-order valence-electron chi connectivity index (χ3n) is 2.22. The lowest BCUT2D eigenvalue weighted by Crippen LogP contribution is -2.19. The average Bonchev–Trinajstić information content (AvgIpc) is 2.45. The molecular weight excluding hydrogens is 160 g/mol. The maximum atomic E-state index is 4.09. The first-order valence-corrected chi connectivity index (χ1v) is 4.49. The Kier molecular flexibility index (Phi) is 1.65. The summed E-state index contributed by atoms with van der Waals surface area (Å²) in [5.41, 5.74) is 0.152. The molecule has 2 heterocycles. The number of nitrogens with zero attached hydrogens (tertiary/aromatic N) is 2. The van der Waals surface area contributed by atoms with Crippen LogP contribution >= 0.6 is 0 Å². The molecule has 68 valence electrons. The molecule has 0 aliphatic heterocycles. The van der Waals surface area contributed by atoms with Crippen LogP contribution in [-0.4, -0.2) is 9.55 Å². The van der Waals surface area contributed by atoms with Crippen molar-refractivity contribution in [2.45, 2.75) is 26.3 Å². The van der Waals surface area contributed by atoms with E-state index in [2.05, 4.69) is 42.7 Å². The number of fused-ring (bicyclic) bond motifs is 1. The molecule has 0 atom stereocenters. The number of hydrogen-bond donors (Lipinski definition) is 0. The molecule has 0 aromatic carbocycles. The van der Waals surface area contributed by atoms with Gasteiger partial charge in [-0.2, -0.15) is 0 Å². The van der Waals surface area contributed by atoms with Crippen LogP contribution in [0, 0.1) is 0 Å². The van der Waals surface area contributed by atoms with Gasteiger partial charge in [-0.1, -0.05) is 0 Å². The zero-order valence-electron chi connectivity index (χ0n) is 8.28. The van der Waals surface area contributed by atoms with E-state index >= 15 is 0 Å². The fraction of sp³-hybridized carbons (Fsp3) is 0.364. The van der Waals surface area contributed by atoms with Crippen LogP contribution in [0.5, 0.6) is 0 Å². The van der Waals surface area contributed by atoms with Gasteiger partial charge < -0.3 is 4.57 Å². The van der Waals surface area contributed by atoms with Gasteiger partial charge in [0.2, 0.25) is 0 Å². The highest BCUT2D eigenvalue weighted by atomic mass is 15.0. The number of pyridine rings is 1. The summed E-state index contributed by atoms with van der Waals surface area (Å²) >= 11 is 0. The second kappa shape index (κ2) is 2.59. The van der Waals surface area contributed by atoms with Crippen LogP contribution in [0.4, 0.5) is 0 Å². The van der Waals surface area contributed by atoms with Gasteiger partial charge >= 0.3 is 0 Å². The molecule has 0 fully saturated rings. The fourth-order valence-electron chi connectivity index (χ4n) is 1.37. The van der Waals surface area contributed by atoms with Gasteiger partial charge in [-0.15, -0.1) is 0 Å². The van der Waals surface area contributed by atoms with Gasteiger partial charge in [0, 0.05) is 41.1 Å². The van der Waals surface area contributed by atoms with Crippen molar-refractivity contribution in [1.82, 2.24) is 9.55 Å². The Morgan fingerprint density at radius 2 is 1.85 bits per heavy atom. The minimum atomic E-state index is 0.152. The molecule has 0 saturated heterocycles. The Bertz CT molecular complexity index is 388. The van der Waals surface area contributed by atoms with Crippen LogP contribution in [0.1, 0.15) is 20.8 Å². The lowest BCUT2D eigenvalue weighted by molar-refractivity contribution is 0.399. The van der Waals surface area contributed by atoms with Crippen LogP contribution in [0.2, 0.25) is 0 Å². The van der Waals surface area contributed by atoms with Crippen molar-refractivity contribution in [1.29, 1.82) is 0 Å². The number of rotatable bonds is 0. The van der Waals surface area contributed by atoms with Gasteiger partial charge in [0.15, 0.2) is 0 Å². The molecule has 0 aliphatic carbocycles. The van der Waals surface area contributed by atoms with Crippen molar-refractivity contribution in [3.05, 3.63) is 30.9 Å². The predicted molar refractivity (Wildman–Crippen MR) is 54.7 cm³/mol. The smallest absolute Gasteiger partial charge is 0.0361 e. The predicted octanol–water partition coefficient (Wildman–Crippen LogP) is 2.79. The van der Waals surface area contributed by atoms with E-state index in [9.17, 15) is 0 Å². The standard InChI is InChI=1S/C11H14N2/c1-11(2,3)13-7-9-4-5-12-6-10(9)8-13/h4-8H,1-3H3. The number of aromatic nitrogens is 2. The topological polar surface area (TPSA) is 17.8 Å². The zero-order valence-corrected chi connectivity index (χ0v) is 8.28. The van der Waals surface area contributed by atoms with Crippen LogP contribution in [0.15, 0.2) is 30.9 Å². The van der Waals surface area contributed by atoms with E-state index in [0.29, 0.717) is 0 Å². The van der Waals surface area contributed by atoms with Crippen LogP contribution < -0.4 is 0 Å². The van der Waals surface area contributed by atoms with Gasteiger partial charge in [0.1, 0.15) is 0 Å². The molecule has 0 unspecified atom stereocenters.